The van der Waals surface area contributed by atoms with Crippen molar-refractivity contribution in [2.75, 3.05) is 41.3 Å². The van der Waals surface area contributed by atoms with E-state index in [9.17, 15) is 4.79 Å². The van der Waals surface area contributed by atoms with Crippen LogP contribution in [0.25, 0.3) is 0 Å². The van der Waals surface area contributed by atoms with Gasteiger partial charge in [0.25, 0.3) is 0 Å². The fraction of sp³-hybridized carbons (Fsp3) is 0.435. The van der Waals surface area contributed by atoms with Crippen molar-refractivity contribution in [1.82, 2.24) is 4.98 Å². The maximum Gasteiger partial charge on any atom is 0.227 e. The Morgan fingerprint density at radius 2 is 1.69 bits per heavy atom. The third-order valence-electron chi connectivity index (χ3n) is 5.92. The first-order valence-corrected chi connectivity index (χ1v) is 10.5. The summed E-state index contributed by atoms with van der Waals surface area (Å²) in [6.45, 7) is 3.84. The number of piperidine rings is 2. The molecule has 3 heterocycles. The van der Waals surface area contributed by atoms with Crippen LogP contribution in [0.4, 0.5) is 17.2 Å². The Balaban J connectivity index is 1.28. The molecular weight excluding hydrogens is 362 g/mol. The van der Waals surface area contributed by atoms with Gasteiger partial charge in [0.1, 0.15) is 11.9 Å². The van der Waals surface area contributed by atoms with Gasteiger partial charge in [-0.25, -0.2) is 4.98 Å². The molecule has 0 atom stereocenters. The van der Waals surface area contributed by atoms with E-state index < -0.39 is 0 Å². The van der Waals surface area contributed by atoms with Gasteiger partial charge in [-0.2, -0.15) is 5.26 Å². The quantitative estimate of drug-likeness (QED) is 0.861. The van der Waals surface area contributed by atoms with Crippen LogP contribution in [-0.2, 0) is 4.79 Å². The van der Waals surface area contributed by atoms with Gasteiger partial charge < -0.3 is 15.1 Å². The van der Waals surface area contributed by atoms with Crippen LogP contribution < -0.4 is 15.1 Å². The summed E-state index contributed by atoms with van der Waals surface area (Å²) in [4.78, 5) is 21.6. The summed E-state index contributed by atoms with van der Waals surface area (Å²) in [6.07, 6.45) is 7.05. The molecule has 0 saturated carbocycles. The second kappa shape index (κ2) is 8.95. The molecule has 4 rings (SSSR count). The Morgan fingerprint density at radius 3 is 2.31 bits per heavy atom. The molecule has 2 aliphatic heterocycles. The second-order valence-corrected chi connectivity index (χ2v) is 7.86. The van der Waals surface area contributed by atoms with Crippen molar-refractivity contribution in [1.29, 1.82) is 5.26 Å². The Morgan fingerprint density at radius 1 is 0.966 bits per heavy atom. The van der Waals surface area contributed by atoms with Gasteiger partial charge in [-0.3, -0.25) is 4.79 Å². The summed E-state index contributed by atoms with van der Waals surface area (Å²) < 4.78 is 0. The van der Waals surface area contributed by atoms with Crippen LogP contribution in [0.2, 0.25) is 0 Å². The van der Waals surface area contributed by atoms with Gasteiger partial charge in [0, 0.05) is 49.7 Å². The lowest BCUT2D eigenvalue weighted by atomic mass is 9.95. The van der Waals surface area contributed by atoms with Crippen molar-refractivity contribution in [3.8, 4) is 6.07 Å². The van der Waals surface area contributed by atoms with Gasteiger partial charge in [0.15, 0.2) is 0 Å². The zero-order valence-electron chi connectivity index (χ0n) is 16.7. The number of anilines is 3. The number of hydrogen-bond donors (Lipinski definition) is 1. The standard InChI is InChI=1S/C23H27N5O/c24-16-18-4-9-22(25-17-18)28-14-10-19(11-15-28)23(29)26-20-5-7-21(8-6-20)27-12-2-1-3-13-27/h4-9,17,19H,1-3,10-15H2,(H,26,29). The highest BCUT2D eigenvalue weighted by Crippen LogP contribution is 2.25. The van der Waals surface area contributed by atoms with E-state index in [0.29, 0.717) is 5.56 Å². The molecule has 150 valence electrons. The van der Waals surface area contributed by atoms with E-state index in [-0.39, 0.29) is 11.8 Å². The molecule has 1 N–H and O–H groups in total. The number of nitrogens with one attached hydrogen (secondary N) is 1. The Bertz CT molecular complexity index is 858. The molecule has 1 amide bonds. The third kappa shape index (κ3) is 4.68. The molecule has 6 heteroatoms. The fourth-order valence-electron chi connectivity index (χ4n) is 4.16. The number of nitriles is 1. The summed E-state index contributed by atoms with van der Waals surface area (Å²) >= 11 is 0. The Labute approximate surface area is 172 Å². The van der Waals surface area contributed by atoms with Gasteiger partial charge >= 0.3 is 0 Å². The predicted molar refractivity (Wildman–Crippen MR) is 115 cm³/mol. The smallest absolute Gasteiger partial charge is 0.227 e. The van der Waals surface area contributed by atoms with Crippen LogP contribution in [0.15, 0.2) is 42.6 Å². The molecule has 1 aromatic carbocycles. The number of amides is 1. The number of nitrogens with zero attached hydrogens (tertiary/aromatic N) is 4. The normalized spacial score (nSPS) is 17.6. The van der Waals surface area contributed by atoms with Crippen molar-refractivity contribution in [2.45, 2.75) is 32.1 Å². The molecule has 0 bridgehead atoms. The summed E-state index contributed by atoms with van der Waals surface area (Å²) in [6, 6.07) is 14.0. The van der Waals surface area contributed by atoms with Crippen molar-refractivity contribution < 1.29 is 4.79 Å². The first-order valence-electron chi connectivity index (χ1n) is 10.5. The summed E-state index contributed by atoms with van der Waals surface area (Å²) in [5.74, 6) is 0.991. The molecule has 2 saturated heterocycles. The maximum atomic E-state index is 12.7. The third-order valence-corrected chi connectivity index (χ3v) is 5.92. The van der Waals surface area contributed by atoms with Crippen molar-refractivity contribution >= 4 is 23.1 Å². The summed E-state index contributed by atoms with van der Waals surface area (Å²) in [5, 5.41) is 12.0. The minimum absolute atomic E-state index is 0.0198. The Kier molecular flexibility index (Phi) is 5.95. The predicted octanol–water partition coefficient (Wildman–Crippen LogP) is 3.80. The lowest BCUT2D eigenvalue weighted by Crippen LogP contribution is -2.38. The molecular formula is C23H27N5O. The van der Waals surface area contributed by atoms with E-state index in [1.807, 2.05) is 18.2 Å². The number of pyridine rings is 1. The molecule has 6 nitrogen and oxygen atoms in total. The van der Waals surface area contributed by atoms with Crippen LogP contribution >= 0.6 is 0 Å². The SMILES string of the molecule is N#Cc1ccc(N2CCC(C(=O)Nc3ccc(N4CCCCC4)cc3)CC2)nc1. The minimum Gasteiger partial charge on any atom is -0.372 e. The molecule has 0 aliphatic carbocycles. The molecule has 2 aliphatic rings. The lowest BCUT2D eigenvalue weighted by Gasteiger charge is -2.32. The number of carbonyl (C=O) groups is 1. The van der Waals surface area contributed by atoms with Gasteiger partial charge in [-0.1, -0.05) is 0 Å². The van der Waals surface area contributed by atoms with Gasteiger partial charge in [0.05, 0.1) is 5.56 Å². The first-order chi connectivity index (χ1) is 14.2. The van der Waals surface area contributed by atoms with Gasteiger partial charge in [0.2, 0.25) is 5.91 Å². The fourth-order valence-corrected chi connectivity index (χ4v) is 4.16. The van der Waals surface area contributed by atoms with Crippen LogP contribution in [0.3, 0.4) is 0 Å². The number of aromatic nitrogens is 1. The number of rotatable bonds is 4. The van der Waals surface area contributed by atoms with E-state index in [1.165, 1.54) is 24.9 Å². The minimum atomic E-state index is 0.0198. The summed E-state index contributed by atoms with van der Waals surface area (Å²) in [5.41, 5.74) is 2.67. The largest absolute Gasteiger partial charge is 0.372 e. The average molecular weight is 390 g/mol. The van der Waals surface area contributed by atoms with Crippen LogP contribution in [0, 0.1) is 17.2 Å². The van der Waals surface area contributed by atoms with Crippen LogP contribution in [0.5, 0.6) is 0 Å². The molecule has 2 aromatic rings. The lowest BCUT2D eigenvalue weighted by molar-refractivity contribution is -0.120. The molecule has 0 radical (unpaired) electrons. The monoisotopic (exact) mass is 389 g/mol. The molecule has 1 aromatic heterocycles. The molecule has 0 spiro atoms. The summed E-state index contributed by atoms with van der Waals surface area (Å²) in [7, 11) is 0. The number of carbonyl (C=O) groups excluding carboxylic acids is 1. The number of hydrogen-bond acceptors (Lipinski definition) is 5. The van der Waals surface area contributed by atoms with Crippen molar-refractivity contribution in [3.63, 3.8) is 0 Å². The van der Waals surface area contributed by atoms with Gasteiger partial charge in [-0.05, 0) is 68.5 Å². The van der Waals surface area contributed by atoms with Gasteiger partial charge in [-0.15, -0.1) is 0 Å². The second-order valence-electron chi connectivity index (χ2n) is 7.86. The van der Waals surface area contributed by atoms with E-state index >= 15 is 0 Å². The topological polar surface area (TPSA) is 72.3 Å². The van der Waals surface area contributed by atoms with Crippen LogP contribution in [-0.4, -0.2) is 37.1 Å². The molecule has 2 fully saturated rings. The average Bonchev–Trinajstić information content (AvgIpc) is 2.80. The van der Waals surface area contributed by atoms with E-state index in [0.717, 1.165) is 50.5 Å². The zero-order chi connectivity index (χ0) is 20.1. The zero-order valence-corrected chi connectivity index (χ0v) is 16.7. The van der Waals surface area contributed by atoms with Crippen molar-refractivity contribution in [2.24, 2.45) is 5.92 Å². The van der Waals surface area contributed by atoms with E-state index in [2.05, 4.69) is 38.3 Å². The van der Waals surface area contributed by atoms with Crippen LogP contribution in [0.1, 0.15) is 37.7 Å². The highest BCUT2D eigenvalue weighted by atomic mass is 16.1. The number of benzene rings is 1. The highest BCUT2D eigenvalue weighted by molar-refractivity contribution is 5.92. The highest BCUT2D eigenvalue weighted by Gasteiger charge is 2.25. The molecule has 29 heavy (non-hydrogen) atoms. The maximum absolute atomic E-state index is 12.7. The Hall–Kier alpha value is -3.07. The first kappa shape index (κ1) is 19.3. The molecule has 0 unspecified atom stereocenters. The van der Waals surface area contributed by atoms with Crippen molar-refractivity contribution in [3.05, 3.63) is 48.2 Å². The van der Waals surface area contributed by atoms with E-state index in [4.69, 9.17) is 5.26 Å². The van der Waals surface area contributed by atoms with E-state index in [1.54, 1.807) is 12.3 Å².